The van der Waals surface area contributed by atoms with Gasteiger partial charge in [0.15, 0.2) is 0 Å². The Bertz CT molecular complexity index is 339. The van der Waals surface area contributed by atoms with Crippen molar-refractivity contribution in [2.75, 3.05) is 19.8 Å². The van der Waals surface area contributed by atoms with Gasteiger partial charge in [-0.3, -0.25) is 0 Å². The number of rotatable bonds is 7. The van der Waals surface area contributed by atoms with E-state index in [1.807, 2.05) is 0 Å². The van der Waals surface area contributed by atoms with Crippen molar-refractivity contribution < 1.29 is 4.74 Å². The number of ether oxygens (including phenoxy) is 1. The Hall–Kier alpha value is 0.580. The summed E-state index contributed by atoms with van der Waals surface area (Å²) >= 11 is 8.74. The lowest BCUT2D eigenvalue weighted by Gasteiger charge is -2.04. The minimum Gasteiger partial charge on any atom is -0.380 e. The van der Waals surface area contributed by atoms with Crippen LogP contribution in [0.1, 0.15) is 18.4 Å². The van der Waals surface area contributed by atoms with Crippen molar-refractivity contribution in [2.24, 2.45) is 0 Å². The van der Waals surface area contributed by atoms with Crippen molar-refractivity contribution in [3.8, 4) is 0 Å². The van der Waals surface area contributed by atoms with Crippen molar-refractivity contribution in [1.29, 1.82) is 0 Å². The number of nitrogens with one attached hydrogen (secondary N) is 1. The van der Waals surface area contributed by atoms with Crippen LogP contribution >= 0.6 is 43.2 Å². The Balaban J connectivity index is 1.54. The first-order valence-corrected chi connectivity index (χ1v) is 7.91. The predicted octanol–water partition coefficient (Wildman–Crippen LogP) is 3.58. The number of hydrogen-bond acceptors (Lipinski definition) is 3. The molecule has 0 unspecified atom stereocenters. The zero-order valence-corrected chi connectivity index (χ0v) is 13.0. The first-order chi connectivity index (χ1) is 7.75. The molecule has 5 heteroatoms. The molecule has 0 radical (unpaired) electrons. The number of hydrogen-bond donors (Lipinski definition) is 1. The van der Waals surface area contributed by atoms with E-state index in [1.54, 1.807) is 11.3 Å². The molecule has 0 amide bonds. The van der Waals surface area contributed by atoms with Crippen molar-refractivity contribution in [3.63, 3.8) is 0 Å². The zero-order valence-electron chi connectivity index (χ0n) is 8.97. The lowest BCUT2D eigenvalue weighted by Crippen LogP contribution is -2.22. The molecular weight excluding hydrogens is 354 g/mol. The van der Waals surface area contributed by atoms with Gasteiger partial charge < -0.3 is 10.1 Å². The third-order valence-corrected chi connectivity index (χ3v) is 4.96. The molecule has 0 bridgehead atoms. The van der Waals surface area contributed by atoms with Gasteiger partial charge in [-0.05, 0) is 62.8 Å². The molecule has 1 saturated carbocycles. The maximum atomic E-state index is 5.59. The fourth-order valence-electron chi connectivity index (χ4n) is 1.45. The van der Waals surface area contributed by atoms with Gasteiger partial charge >= 0.3 is 0 Å². The smallest absolute Gasteiger partial charge is 0.0743 e. The summed E-state index contributed by atoms with van der Waals surface area (Å²) < 4.78 is 7.96. The van der Waals surface area contributed by atoms with Crippen LogP contribution in [-0.4, -0.2) is 25.8 Å². The van der Waals surface area contributed by atoms with Crippen LogP contribution in [0.15, 0.2) is 13.6 Å². The van der Waals surface area contributed by atoms with Gasteiger partial charge in [0.25, 0.3) is 0 Å². The topological polar surface area (TPSA) is 21.3 Å². The molecule has 1 N–H and O–H groups in total. The molecule has 1 aliphatic carbocycles. The minimum atomic E-state index is 0.783. The van der Waals surface area contributed by atoms with Crippen LogP contribution in [0.2, 0.25) is 0 Å². The minimum absolute atomic E-state index is 0.783. The molecule has 90 valence electrons. The van der Waals surface area contributed by atoms with Crippen LogP contribution in [0.3, 0.4) is 0 Å². The van der Waals surface area contributed by atoms with Crippen LogP contribution in [0.25, 0.3) is 0 Å². The van der Waals surface area contributed by atoms with E-state index in [-0.39, 0.29) is 0 Å². The van der Waals surface area contributed by atoms with E-state index >= 15 is 0 Å². The summed E-state index contributed by atoms with van der Waals surface area (Å²) in [6.07, 6.45) is 3.66. The highest BCUT2D eigenvalue weighted by atomic mass is 79.9. The molecule has 1 heterocycles. The summed E-state index contributed by atoms with van der Waals surface area (Å²) in [5.74, 6) is 0. The van der Waals surface area contributed by atoms with Crippen molar-refractivity contribution >= 4 is 43.2 Å². The normalized spacial score (nSPS) is 15.6. The molecule has 1 aromatic heterocycles. The summed E-state index contributed by atoms with van der Waals surface area (Å²) in [5, 5.41) is 3.43. The SMILES string of the molecule is Brc1cc(CCOCCNC2CC2)c(Br)s1. The van der Waals surface area contributed by atoms with Gasteiger partial charge in [-0.15, -0.1) is 11.3 Å². The lowest BCUT2D eigenvalue weighted by molar-refractivity contribution is 0.138. The summed E-state index contributed by atoms with van der Waals surface area (Å²) in [6, 6.07) is 2.94. The van der Waals surface area contributed by atoms with E-state index in [9.17, 15) is 0 Å². The van der Waals surface area contributed by atoms with Crippen LogP contribution in [0.4, 0.5) is 0 Å². The maximum absolute atomic E-state index is 5.59. The molecule has 0 aliphatic heterocycles. The van der Waals surface area contributed by atoms with E-state index in [2.05, 4.69) is 43.2 Å². The maximum Gasteiger partial charge on any atom is 0.0743 e. The third kappa shape index (κ3) is 4.45. The summed E-state index contributed by atoms with van der Waals surface area (Å²) in [7, 11) is 0. The molecule has 2 rings (SSSR count). The highest BCUT2D eigenvalue weighted by Gasteiger charge is 2.19. The average Bonchev–Trinajstić information content (AvgIpc) is 2.99. The van der Waals surface area contributed by atoms with Crippen molar-refractivity contribution in [2.45, 2.75) is 25.3 Å². The molecular formula is C11H15Br2NOS. The second-order valence-electron chi connectivity index (χ2n) is 3.94. The lowest BCUT2D eigenvalue weighted by atomic mass is 10.3. The zero-order chi connectivity index (χ0) is 11.4. The van der Waals surface area contributed by atoms with E-state index in [0.717, 1.165) is 32.2 Å². The molecule has 1 fully saturated rings. The van der Waals surface area contributed by atoms with Gasteiger partial charge in [-0.1, -0.05) is 0 Å². The molecule has 0 saturated heterocycles. The van der Waals surface area contributed by atoms with Gasteiger partial charge in [0, 0.05) is 12.6 Å². The fourth-order valence-corrected chi connectivity index (χ4v) is 4.37. The van der Waals surface area contributed by atoms with E-state index in [4.69, 9.17) is 4.74 Å². The molecule has 0 atom stereocenters. The first-order valence-electron chi connectivity index (χ1n) is 5.50. The standard InChI is InChI=1S/C11H15Br2NOS/c12-10-7-8(11(13)16-10)3-5-15-6-4-14-9-1-2-9/h7,9,14H,1-6H2. The summed E-state index contributed by atoms with van der Waals surface area (Å²) in [6.45, 7) is 2.60. The van der Waals surface area contributed by atoms with Gasteiger partial charge in [0.1, 0.15) is 0 Å². The average molecular weight is 369 g/mol. The number of thiophene rings is 1. The monoisotopic (exact) mass is 367 g/mol. The van der Waals surface area contributed by atoms with Gasteiger partial charge in [0.2, 0.25) is 0 Å². The van der Waals surface area contributed by atoms with Crippen LogP contribution in [-0.2, 0) is 11.2 Å². The van der Waals surface area contributed by atoms with Crippen LogP contribution in [0, 0.1) is 0 Å². The largest absolute Gasteiger partial charge is 0.380 e. The van der Waals surface area contributed by atoms with Crippen LogP contribution < -0.4 is 5.32 Å². The Morgan fingerprint density at radius 3 is 2.81 bits per heavy atom. The predicted molar refractivity (Wildman–Crippen MR) is 75.3 cm³/mol. The highest BCUT2D eigenvalue weighted by Crippen LogP contribution is 2.32. The molecule has 1 aromatic rings. The molecule has 16 heavy (non-hydrogen) atoms. The Kier molecular flexibility index (Phi) is 5.29. The molecule has 2 nitrogen and oxygen atoms in total. The fraction of sp³-hybridized carbons (Fsp3) is 0.636. The Morgan fingerprint density at radius 1 is 1.38 bits per heavy atom. The van der Waals surface area contributed by atoms with Gasteiger partial charge in [-0.2, -0.15) is 0 Å². The van der Waals surface area contributed by atoms with Gasteiger partial charge in [-0.25, -0.2) is 0 Å². The Labute approximate surface area is 117 Å². The van der Waals surface area contributed by atoms with Crippen LogP contribution in [0.5, 0.6) is 0 Å². The molecule has 0 aromatic carbocycles. The second-order valence-corrected chi connectivity index (χ2v) is 7.69. The van der Waals surface area contributed by atoms with Gasteiger partial charge in [0.05, 0.1) is 20.8 Å². The van der Waals surface area contributed by atoms with E-state index in [0.29, 0.717) is 0 Å². The quantitative estimate of drug-likeness (QED) is 0.742. The molecule has 0 spiro atoms. The first kappa shape index (κ1) is 13.0. The van der Waals surface area contributed by atoms with E-state index in [1.165, 1.54) is 26.0 Å². The second kappa shape index (κ2) is 6.50. The number of halogens is 2. The van der Waals surface area contributed by atoms with Crippen molar-refractivity contribution in [1.82, 2.24) is 5.32 Å². The third-order valence-electron chi connectivity index (χ3n) is 2.50. The summed E-state index contributed by atoms with van der Waals surface area (Å²) in [4.78, 5) is 0. The molecule has 1 aliphatic rings. The van der Waals surface area contributed by atoms with Crippen molar-refractivity contribution in [3.05, 3.63) is 19.2 Å². The van der Waals surface area contributed by atoms with E-state index < -0.39 is 0 Å². The highest BCUT2D eigenvalue weighted by molar-refractivity contribution is 9.12. The summed E-state index contributed by atoms with van der Waals surface area (Å²) in [5.41, 5.74) is 1.33. The Morgan fingerprint density at radius 2 is 2.19 bits per heavy atom.